The molecule has 2 N–H and O–H groups in total. The summed E-state index contributed by atoms with van der Waals surface area (Å²) in [7, 11) is 0. The number of hydrogen-bond donors (Lipinski definition) is 1. The predicted octanol–water partition coefficient (Wildman–Crippen LogP) is 1.35. The molecule has 0 radical (unpaired) electrons. The lowest BCUT2D eigenvalue weighted by Crippen LogP contribution is -2.07. The molecule has 5 heteroatoms. The molecule has 0 saturated carbocycles. The van der Waals surface area contributed by atoms with E-state index in [-0.39, 0.29) is 0 Å². The lowest BCUT2D eigenvalue weighted by molar-refractivity contribution is 0.492. The number of aryl methyl sites for hydroxylation is 2. The van der Waals surface area contributed by atoms with Crippen molar-refractivity contribution in [3.63, 3.8) is 0 Å². The molecule has 1 atom stereocenters. The Morgan fingerprint density at radius 1 is 1.35 bits per heavy atom. The van der Waals surface area contributed by atoms with Crippen molar-refractivity contribution in [2.24, 2.45) is 11.7 Å². The molecular weight excluding hydrogens is 214 g/mol. The molecule has 92 valence electrons. The Kier molecular flexibility index (Phi) is 3.68. The van der Waals surface area contributed by atoms with Gasteiger partial charge in [0, 0.05) is 18.2 Å². The van der Waals surface area contributed by atoms with E-state index in [1.165, 1.54) is 0 Å². The van der Waals surface area contributed by atoms with Gasteiger partial charge in [-0.15, -0.1) is 10.2 Å². The van der Waals surface area contributed by atoms with Gasteiger partial charge < -0.3 is 5.73 Å². The number of aromatic nitrogens is 4. The summed E-state index contributed by atoms with van der Waals surface area (Å²) in [6.07, 6.45) is 4.88. The van der Waals surface area contributed by atoms with Crippen LogP contribution in [0.4, 0.5) is 0 Å². The van der Waals surface area contributed by atoms with Crippen molar-refractivity contribution in [3.05, 3.63) is 23.9 Å². The quantitative estimate of drug-likeness (QED) is 0.846. The van der Waals surface area contributed by atoms with Crippen molar-refractivity contribution < 1.29 is 0 Å². The van der Waals surface area contributed by atoms with Gasteiger partial charge in [0.2, 0.25) is 0 Å². The van der Waals surface area contributed by atoms with Crippen molar-refractivity contribution in [2.45, 2.75) is 33.1 Å². The first kappa shape index (κ1) is 12.0. The number of hydrogen-bond acceptors (Lipinski definition) is 4. The second kappa shape index (κ2) is 5.23. The Hall–Kier alpha value is -1.49. The van der Waals surface area contributed by atoms with Gasteiger partial charge in [-0.3, -0.25) is 4.40 Å². The smallest absolute Gasteiger partial charge is 0.163 e. The summed E-state index contributed by atoms with van der Waals surface area (Å²) in [5.74, 6) is 1.61. The van der Waals surface area contributed by atoms with Crippen LogP contribution in [0.5, 0.6) is 0 Å². The molecule has 0 fully saturated rings. The maximum atomic E-state index is 5.54. The molecule has 0 aromatic carbocycles. The molecule has 5 nitrogen and oxygen atoms in total. The van der Waals surface area contributed by atoms with E-state index >= 15 is 0 Å². The van der Waals surface area contributed by atoms with Gasteiger partial charge >= 0.3 is 0 Å². The summed E-state index contributed by atoms with van der Waals surface area (Å²) in [5, 5.41) is 8.36. The van der Waals surface area contributed by atoms with Crippen LogP contribution in [-0.2, 0) is 6.42 Å². The van der Waals surface area contributed by atoms with E-state index in [2.05, 4.69) is 22.1 Å². The minimum atomic E-state index is 0.630. The molecule has 1 unspecified atom stereocenters. The van der Waals surface area contributed by atoms with Crippen LogP contribution >= 0.6 is 0 Å². The van der Waals surface area contributed by atoms with Crippen LogP contribution in [-0.4, -0.2) is 26.1 Å². The van der Waals surface area contributed by atoms with Crippen molar-refractivity contribution in [2.75, 3.05) is 6.54 Å². The van der Waals surface area contributed by atoms with Crippen molar-refractivity contribution in [1.82, 2.24) is 19.6 Å². The normalized spacial score (nSPS) is 13.1. The molecule has 0 spiro atoms. The highest BCUT2D eigenvalue weighted by Crippen LogP contribution is 2.12. The summed E-state index contributed by atoms with van der Waals surface area (Å²) >= 11 is 0. The van der Waals surface area contributed by atoms with Gasteiger partial charge in [-0.1, -0.05) is 6.92 Å². The third-order valence-corrected chi connectivity index (χ3v) is 3.03. The second-order valence-electron chi connectivity index (χ2n) is 4.60. The topological polar surface area (TPSA) is 69.1 Å². The van der Waals surface area contributed by atoms with Crippen LogP contribution in [0.25, 0.3) is 5.65 Å². The third kappa shape index (κ3) is 2.79. The summed E-state index contributed by atoms with van der Waals surface area (Å²) in [6, 6.07) is 1.94. The lowest BCUT2D eigenvalue weighted by Gasteiger charge is -2.08. The Bertz CT molecular complexity index is 491. The van der Waals surface area contributed by atoms with Crippen LogP contribution in [0.15, 0.2) is 12.4 Å². The van der Waals surface area contributed by atoms with Crippen molar-refractivity contribution >= 4 is 5.65 Å². The Morgan fingerprint density at radius 3 is 2.94 bits per heavy atom. The van der Waals surface area contributed by atoms with E-state index < -0.39 is 0 Å². The second-order valence-corrected chi connectivity index (χ2v) is 4.60. The first-order valence-corrected chi connectivity index (χ1v) is 6.07. The zero-order valence-electron chi connectivity index (χ0n) is 10.4. The average Bonchev–Trinajstić information content (AvgIpc) is 2.69. The molecule has 0 amide bonds. The maximum absolute atomic E-state index is 5.54. The molecule has 0 bridgehead atoms. The third-order valence-electron chi connectivity index (χ3n) is 3.03. The number of rotatable bonds is 5. The van der Waals surface area contributed by atoms with E-state index in [1.54, 1.807) is 6.33 Å². The highest BCUT2D eigenvalue weighted by molar-refractivity contribution is 5.37. The van der Waals surface area contributed by atoms with E-state index in [9.17, 15) is 0 Å². The lowest BCUT2D eigenvalue weighted by atomic mass is 10.0. The highest BCUT2D eigenvalue weighted by atomic mass is 15.3. The fourth-order valence-electron chi connectivity index (χ4n) is 1.91. The molecule has 0 saturated heterocycles. The zero-order chi connectivity index (χ0) is 12.3. The number of fused-ring (bicyclic) bond motifs is 1. The molecule has 0 aliphatic heterocycles. The van der Waals surface area contributed by atoms with Crippen molar-refractivity contribution in [3.8, 4) is 0 Å². The van der Waals surface area contributed by atoms with Gasteiger partial charge in [0.25, 0.3) is 0 Å². The van der Waals surface area contributed by atoms with Crippen LogP contribution in [0.2, 0.25) is 0 Å². The summed E-state index contributed by atoms with van der Waals surface area (Å²) in [5.41, 5.74) is 7.38. The van der Waals surface area contributed by atoms with E-state index in [0.29, 0.717) is 5.92 Å². The molecule has 2 aromatic rings. The minimum absolute atomic E-state index is 0.630. The van der Waals surface area contributed by atoms with Crippen LogP contribution in [0.3, 0.4) is 0 Å². The van der Waals surface area contributed by atoms with Gasteiger partial charge in [0.1, 0.15) is 12.2 Å². The largest absolute Gasteiger partial charge is 0.330 e. The molecular formula is C12H19N5. The number of nitrogens with two attached hydrogens (primary N) is 1. The SMILES string of the molecule is Cc1cc2nnc(CCC(C)CCN)n2cn1. The molecule has 17 heavy (non-hydrogen) atoms. The Morgan fingerprint density at radius 2 is 2.18 bits per heavy atom. The Labute approximate surface area is 101 Å². The van der Waals surface area contributed by atoms with Gasteiger partial charge in [0.05, 0.1) is 0 Å². The average molecular weight is 233 g/mol. The first-order chi connectivity index (χ1) is 8.20. The van der Waals surface area contributed by atoms with E-state index in [1.807, 2.05) is 17.4 Å². The first-order valence-electron chi connectivity index (χ1n) is 6.07. The molecule has 2 aromatic heterocycles. The summed E-state index contributed by atoms with van der Waals surface area (Å²) in [6.45, 7) is 4.93. The fraction of sp³-hybridized carbons (Fsp3) is 0.583. The summed E-state index contributed by atoms with van der Waals surface area (Å²) in [4.78, 5) is 4.27. The molecule has 0 aliphatic rings. The fourth-order valence-corrected chi connectivity index (χ4v) is 1.91. The molecule has 2 rings (SSSR count). The van der Waals surface area contributed by atoms with Crippen LogP contribution in [0.1, 0.15) is 31.3 Å². The minimum Gasteiger partial charge on any atom is -0.330 e. The molecule has 2 heterocycles. The molecule has 0 aliphatic carbocycles. The van der Waals surface area contributed by atoms with Gasteiger partial charge in [-0.05, 0) is 32.2 Å². The van der Waals surface area contributed by atoms with Crippen LogP contribution < -0.4 is 5.73 Å². The Balaban J connectivity index is 2.09. The van der Waals surface area contributed by atoms with Gasteiger partial charge in [0.15, 0.2) is 5.65 Å². The van der Waals surface area contributed by atoms with E-state index in [4.69, 9.17) is 5.73 Å². The zero-order valence-corrected chi connectivity index (χ0v) is 10.4. The van der Waals surface area contributed by atoms with Gasteiger partial charge in [-0.25, -0.2) is 4.98 Å². The predicted molar refractivity (Wildman–Crippen MR) is 66.7 cm³/mol. The van der Waals surface area contributed by atoms with Gasteiger partial charge in [-0.2, -0.15) is 0 Å². The standard InChI is InChI=1S/C12H19N5/c1-9(5-6-13)3-4-11-15-16-12-7-10(2)14-8-17(11)12/h7-9H,3-6,13H2,1-2H3. The monoisotopic (exact) mass is 233 g/mol. The number of nitrogens with zero attached hydrogens (tertiary/aromatic N) is 4. The van der Waals surface area contributed by atoms with Crippen molar-refractivity contribution in [1.29, 1.82) is 0 Å². The highest BCUT2D eigenvalue weighted by Gasteiger charge is 2.08. The van der Waals surface area contributed by atoms with E-state index in [0.717, 1.165) is 43.0 Å². The summed E-state index contributed by atoms with van der Waals surface area (Å²) < 4.78 is 1.96. The van der Waals surface area contributed by atoms with Crippen LogP contribution in [0, 0.1) is 12.8 Å². The maximum Gasteiger partial charge on any atom is 0.163 e.